The zero-order valence-corrected chi connectivity index (χ0v) is 10.4. The fourth-order valence-electron chi connectivity index (χ4n) is 2.29. The molecule has 2 rings (SSSR count). The lowest BCUT2D eigenvalue weighted by molar-refractivity contribution is -0.0795. The van der Waals surface area contributed by atoms with E-state index < -0.39 is 0 Å². The van der Waals surface area contributed by atoms with Crippen LogP contribution in [0.4, 0.5) is 5.82 Å². The minimum Gasteiger partial charge on any atom is -0.381 e. The molecule has 90 valence electrons. The molecule has 0 aliphatic heterocycles. The first-order valence-corrected chi connectivity index (χ1v) is 5.73. The highest BCUT2D eigenvalue weighted by atomic mass is 16.5. The zero-order valence-electron chi connectivity index (χ0n) is 10.4. The van der Waals surface area contributed by atoms with Crippen molar-refractivity contribution in [2.45, 2.75) is 32.4 Å². The van der Waals surface area contributed by atoms with Crippen LogP contribution in [-0.4, -0.2) is 24.2 Å². The summed E-state index contributed by atoms with van der Waals surface area (Å²) in [5.41, 5.74) is 0.724. The third-order valence-electron chi connectivity index (χ3n) is 3.67. The number of ether oxygens (including phenoxy) is 1. The van der Waals surface area contributed by atoms with Crippen LogP contribution in [0.15, 0.2) is 18.3 Å². The lowest BCUT2D eigenvalue weighted by Gasteiger charge is -2.51. The molecule has 2 unspecified atom stereocenters. The van der Waals surface area contributed by atoms with Gasteiger partial charge in [0.2, 0.25) is 0 Å². The van der Waals surface area contributed by atoms with Crippen molar-refractivity contribution >= 4 is 5.82 Å². The summed E-state index contributed by atoms with van der Waals surface area (Å²) in [7, 11) is 1.75. The summed E-state index contributed by atoms with van der Waals surface area (Å²) in [5, 5.41) is 12.2. The third-order valence-corrected chi connectivity index (χ3v) is 3.67. The van der Waals surface area contributed by atoms with Crippen molar-refractivity contribution in [1.82, 2.24) is 4.98 Å². The van der Waals surface area contributed by atoms with Gasteiger partial charge in [-0.1, -0.05) is 13.8 Å². The van der Waals surface area contributed by atoms with Gasteiger partial charge in [0.25, 0.3) is 0 Å². The van der Waals surface area contributed by atoms with Crippen molar-refractivity contribution in [3.63, 3.8) is 0 Å². The third kappa shape index (κ3) is 2.11. The van der Waals surface area contributed by atoms with Crippen molar-refractivity contribution in [2.75, 3.05) is 12.4 Å². The summed E-state index contributed by atoms with van der Waals surface area (Å²) in [6.07, 6.45) is 2.92. The maximum absolute atomic E-state index is 8.82. The molecule has 1 aliphatic carbocycles. The minimum absolute atomic E-state index is 0.0963. The molecule has 0 amide bonds. The summed E-state index contributed by atoms with van der Waals surface area (Å²) in [4.78, 5) is 4.22. The highest BCUT2D eigenvalue weighted by Gasteiger charge is 2.48. The standard InChI is InChI=1S/C13H17N3O/c1-13(2)10(7-11(13)17-3)16-12-6-9(8-14)4-5-15-12/h4-6,10-11H,7H2,1-3H3,(H,15,16). The molecular weight excluding hydrogens is 214 g/mol. The molecule has 1 heterocycles. The van der Waals surface area contributed by atoms with E-state index in [1.165, 1.54) is 0 Å². The van der Waals surface area contributed by atoms with Crippen molar-refractivity contribution < 1.29 is 4.74 Å². The number of methoxy groups -OCH3 is 1. The molecule has 1 aliphatic rings. The van der Waals surface area contributed by atoms with E-state index in [2.05, 4.69) is 30.2 Å². The van der Waals surface area contributed by atoms with E-state index in [1.54, 1.807) is 25.4 Å². The van der Waals surface area contributed by atoms with Crippen LogP contribution in [0, 0.1) is 16.7 Å². The average Bonchev–Trinajstić information content (AvgIpc) is 2.34. The Kier molecular flexibility index (Phi) is 3.03. The topological polar surface area (TPSA) is 57.9 Å². The van der Waals surface area contributed by atoms with Gasteiger partial charge in [-0.25, -0.2) is 4.98 Å². The monoisotopic (exact) mass is 231 g/mol. The Balaban J connectivity index is 2.06. The van der Waals surface area contributed by atoms with Crippen LogP contribution < -0.4 is 5.32 Å². The van der Waals surface area contributed by atoms with E-state index in [1.807, 2.05) is 0 Å². The van der Waals surface area contributed by atoms with Gasteiger partial charge in [-0.15, -0.1) is 0 Å². The molecule has 0 bridgehead atoms. The second-order valence-electron chi connectivity index (χ2n) is 5.02. The number of pyridine rings is 1. The smallest absolute Gasteiger partial charge is 0.127 e. The van der Waals surface area contributed by atoms with E-state index in [4.69, 9.17) is 10.00 Å². The highest BCUT2D eigenvalue weighted by molar-refractivity contribution is 5.44. The molecular formula is C13H17N3O. The van der Waals surface area contributed by atoms with Crippen molar-refractivity contribution in [2.24, 2.45) is 5.41 Å². The Morgan fingerprint density at radius 1 is 1.59 bits per heavy atom. The molecule has 0 spiro atoms. The van der Waals surface area contributed by atoms with Crippen LogP contribution in [0.3, 0.4) is 0 Å². The largest absolute Gasteiger partial charge is 0.381 e. The zero-order chi connectivity index (χ0) is 12.5. The SMILES string of the molecule is COC1CC(Nc2cc(C#N)ccn2)C1(C)C. The fourth-order valence-corrected chi connectivity index (χ4v) is 2.29. The van der Waals surface area contributed by atoms with E-state index in [0.717, 1.165) is 12.2 Å². The number of hydrogen-bond acceptors (Lipinski definition) is 4. The van der Waals surface area contributed by atoms with E-state index in [0.29, 0.717) is 17.7 Å². The summed E-state index contributed by atoms with van der Waals surface area (Å²) in [5.74, 6) is 0.761. The number of nitriles is 1. The van der Waals surface area contributed by atoms with Crippen molar-refractivity contribution in [1.29, 1.82) is 5.26 Å². The Bertz CT molecular complexity index is 450. The molecule has 1 aromatic heterocycles. The molecule has 1 fully saturated rings. The van der Waals surface area contributed by atoms with Crippen molar-refractivity contribution in [3.8, 4) is 6.07 Å². The van der Waals surface area contributed by atoms with Crippen molar-refractivity contribution in [3.05, 3.63) is 23.9 Å². The molecule has 0 aromatic carbocycles. The molecule has 1 N–H and O–H groups in total. The first-order chi connectivity index (χ1) is 8.07. The van der Waals surface area contributed by atoms with E-state index >= 15 is 0 Å². The second-order valence-corrected chi connectivity index (χ2v) is 5.02. The van der Waals surface area contributed by atoms with Crippen LogP contribution in [0.2, 0.25) is 0 Å². The normalized spacial score (nSPS) is 25.8. The number of rotatable bonds is 3. The summed E-state index contributed by atoms with van der Waals surface area (Å²) in [6, 6.07) is 5.93. The average molecular weight is 231 g/mol. The van der Waals surface area contributed by atoms with Gasteiger partial charge in [-0.05, 0) is 18.6 Å². The molecule has 2 atom stereocenters. The van der Waals surface area contributed by atoms with Crippen LogP contribution in [0.1, 0.15) is 25.8 Å². The fraction of sp³-hybridized carbons (Fsp3) is 0.538. The Morgan fingerprint density at radius 3 is 2.94 bits per heavy atom. The number of nitrogens with one attached hydrogen (secondary N) is 1. The van der Waals surface area contributed by atoms with Gasteiger partial charge in [0.15, 0.2) is 0 Å². The number of aromatic nitrogens is 1. The maximum Gasteiger partial charge on any atom is 0.127 e. The molecule has 0 saturated heterocycles. The van der Waals surface area contributed by atoms with Crippen LogP contribution in [-0.2, 0) is 4.74 Å². The van der Waals surface area contributed by atoms with Gasteiger partial charge < -0.3 is 10.1 Å². The predicted octanol–water partition coefficient (Wildman–Crippen LogP) is 2.18. The molecule has 0 radical (unpaired) electrons. The first kappa shape index (κ1) is 11.9. The Labute approximate surface area is 102 Å². The lowest BCUT2D eigenvalue weighted by atomic mass is 9.64. The summed E-state index contributed by atoms with van der Waals surface area (Å²) >= 11 is 0. The van der Waals surface area contributed by atoms with Gasteiger partial charge in [0.1, 0.15) is 5.82 Å². The Morgan fingerprint density at radius 2 is 2.35 bits per heavy atom. The molecule has 17 heavy (non-hydrogen) atoms. The maximum atomic E-state index is 8.82. The number of hydrogen-bond donors (Lipinski definition) is 1. The number of nitrogens with zero attached hydrogens (tertiary/aromatic N) is 2. The molecule has 4 heteroatoms. The van der Waals surface area contributed by atoms with E-state index in [9.17, 15) is 0 Å². The molecule has 1 saturated carbocycles. The molecule has 4 nitrogen and oxygen atoms in total. The lowest BCUT2D eigenvalue weighted by Crippen LogP contribution is -2.57. The minimum atomic E-state index is 0.0963. The van der Waals surface area contributed by atoms with Gasteiger partial charge in [-0.2, -0.15) is 5.26 Å². The van der Waals surface area contributed by atoms with Gasteiger partial charge in [-0.3, -0.25) is 0 Å². The molecule has 1 aromatic rings. The first-order valence-electron chi connectivity index (χ1n) is 5.73. The Hall–Kier alpha value is -1.60. The predicted molar refractivity (Wildman–Crippen MR) is 65.6 cm³/mol. The van der Waals surface area contributed by atoms with Crippen LogP contribution >= 0.6 is 0 Å². The van der Waals surface area contributed by atoms with Gasteiger partial charge in [0, 0.05) is 24.8 Å². The van der Waals surface area contributed by atoms with Gasteiger partial charge >= 0.3 is 0 Å². The van der Waals surface area contributed by atoms with Gasteiger partial charge in [0.05, 0.1) is 17.7 Å². The quantitative estimate of drug-likeness (QED) is 0.866. The van der Waals surface area contributed by atoms with Crippen LogP contribution in [0.5, 0.6) is 0 Å². The number of anilines is 1. The second kappa shape index (κ2) is 4.34. The van der Waals surface area contributed by atoms with Crippen LogP contribution in [0.25, 0.3) is 0 Å². The van der Waals surface area contributed by atoms with E-state index in [-0.39, 0.29) is 5.41 Å². The summed E-state index contributed by atoms with van der Waals surface area (Å²) < 4.78 is 5.40. The summed E-state index contributed by atoms with van der Waals surface area (Å²) in [6.45, 7) is 4.35. The highest BCUT2D eigenvalue weighted by Crippen LogP contribution is 2.43.